The summed E-state index contributed by atoms with van der Waals surface area (Å²) >= 11 is 0. The molecule has 0 aliphatic carbocycles. The second-order valence-corrected chi connectivity index (χ2v) is 5.66. The Hall–Kier alpha value is -1.46. The fourth-order valence-electron chi connectivity index (χ4n) is 2.28. The summed E-state index contributed by atoms with van der Waals surface area (Å²) < 4.78 is 10.9. The SMILES string of the molecule is CCN(CC)C(=O)OCC(CC)(CC)COC(=O)N(CC)CC. The zero-order valence-electron chi connectivity index (χ0n) is 15.7. The van der Waals surface area contributed by atoms with Crippen molar-refractivity contribution in [3.05, 3.63) is 0 Å². The molecule has 0 radical (unpaired) electrons. The predicted molar refractivity (Wildman–Crippen MR) is 91.6 cm³/mol. The lowest BCUT2D eigenvalue weighted by atomic mass is 9.84. The molecule has 136 valence electrons. The zero-order valence-corrected chi connectivity index (χ0v) is 15.7. The Morgan fingerprint density at radius 1 is 0.696 bits per heavy atom. The Labute approximate surface area is 141 Å². The average molecular weight is 330 g/mol. The van der Waals surface area contributed by atoms with Crippen molar-refractivity contribution < 1.29 is 19.1 Å². The third-order valence-corrected chi connectivity index (χ3v) is 4.55. The van der Waals surface area contributed by atoms with E-state index in [-0.39, 0.29) is 30.8 Å². The molecule has 0 rings (SSSR count). The minimum absolute atomic E-state index is 0.265. The lowest BCUT2D eigenvalue weighted by Gasteiger charge is -2.32. The van der Waals surface area contributed by atoms with Crippen LogP contribution >= 0.6 is 0 Å². The van der Waals surface area contributed by atoms with Gasteiger partial charge in [-0.15, -0.1) is 0 Å². The standard InChI is InChI=1S/C17H34N2O4/c1-7-17(8-2,13-22-15(20)18(9-3)10-4)14-23-16(21)19(11-5)12-6/h7-14H2,1-6H3. The van der Waals surface area contributed by atoms with E-state index in [1.165, 1.54) is 0 Å². The van der Waals surface area contributed by atoms with Gasteiger partial charge in [-0.25, -0.2) is 9.59 Å². The van der Waals surface area contributed by atoms with E-state index < -0.39 is 0 Å². The molecule has 0 aliphatic heterocycles. The second kappa shape index (κ2) is 11.1. The summed E-state index contributed by atoms with van der Waals surface area (Å²) in [4.78, 5) is 27.3. The predicted octanol–water partition coefficient (Wildman–Crippen LogP) is 3.75. The highest BCUT2D eigenvalue weighted by Gasteiger charge is 2.31. The molecule has 0 spiro atoms. The lowest BCUT2D eigenvalue weighted by molar-refractivity contribution is 0.00274. The Morgan fingerprint density at radius 2 is 1.00 bits per heavy atom. The lowest BCUT2D eigenvalue weighted by Crippen LogP contribution is -2.39. The van der Waals surface area contributed by atoms with Crippen molar-refractivity contribution in [2.45, 2.75) is 54.4 Å². The highest BCUT2D eigenvalue weighted by atomic mass is 16.6. The van der Waals surface area contributed by atoms with Gasteiger partial charge in [0.2, 0.25) is 0 Å². The third kappa shape index (κ3) is 6.67. The number of hydrogen-bond acceptors (Lipinski definition) is 4. The van der Waals surface area contributed by atoms with Gasteiger partial charge in [-0.3, -0.25) is 0 Å². The molecule has 6 heteroatoms. The van der Waals surface area contributed by atoms with Crippen LogP contribution in [0.3, 0.4) is 0 Å². The Morgan fingerprint density at radius 3 is 1.22 bits per heavy atom. The van der Waals surface area contributed by atoms with Crippen molar-refractivity contribution in [2.24, 2.45) is 5.41 Å². The van der Waals surface area contributed by atoms with Crippen LogP contribution in [0.25, 0.3) is 0 Å². The minimum Gasteiger partial charge on any atom is -0.449 e. The van der Waals surface area contributed by atoms with Crippen LogP contribution in [-0.2, 0) is 9.47 Å². The van der Waals surface area contributed by atoms with Gasteiger partial charge in [0.15, 0.2) is 0 Å². The maximum Gasteiger partial charge on any atom is 0.409 e. The molecule has 2 amide bonds. The van der Waals surface area contributed by atoms with Crippen LogP contribution < -0.4 is 0 Å². The van der Waals surface area contributed by atoms with Crippen molar-refractivity contribution in [2.75, 3.05) is 39.4 Å². The molecular weight excluding hydrogens is 296 g/mol. The van der Waals surface area contributed by atoms with E-state index in [4.69, 9.17) is 9.47 Å². The van der Waals surface area contributed by atoms with E-state index in [1.54, 1.807) is 9.80 Å². The van der Waals surface area contributed by atoms with Crippen LogP contribution in [0.15, 0.2) is 0 Å². The zero-order chi connectivity index (χ0) is 17.9. The van der Waals surface area contributed by atoms with Crippen molar-refractivity contribution in [1.82, 2.24) is 9.80 Å². The highest BCUT2D eigenvalue weighted by molar-refractivity contribution is 5.68. The highest BCUT2D eigenvalue weighted by Crippen LogP contribution is 2.28. The first kappa shape index (κ1) is 21.5. The molecule has 0 saturated heterocycles. The Bertz CT molecular complexity index is 319. The van der Waals surface area contributed by atoms with Gasteiger partial charge in [0.25, 0.3) is 0 Å². The van der Waals surface area contributed by atoms with Crippen LogP contribution in [0.1, 0.15) is 54.4 Å². The van der Waals surface area contributed by atoms with Crippen molar-refractivity contribution in [3.63, 3.8) is 0 Å². The topological polar surface area (TPSA) is 59.1 Å². The van der Waals surface area contributed by atoms with E-state index in [9.17, 15) is 9.59 Å². The van der Waals surface area contributed by atoms with Crippen molar-refractivity contribution in [3.8, 4) is 0 Å². The van der Waals surface area contributed by atoms with Crippen LogP contribution in [0, 0.1) is 5.41 Å². The smallest absolute Gasteiger partial charge is 0.409 e. The quantitative estimate of drug-likeness (QED) is 0.612. The van der Waals surface area contributed by atoms with E-state index in [1.807, 2.05) is 41.5 Å². The molecule has 0 aromatic carbocycles. The Balaban J connectivity index is 4.68. The van der Waals surface area contributed by atoms with Gasteiger partial charge in [0.05, 0.1) is 0 Å². The van der Waals surface area contributed by atoms with E-state index in [2.05, 4.69) is 0 Å². The molecule has 0 heterocycles. The molecule has 0 aromatic rings. The number of nitrogens with zero attached hydrogens (tertiary/aromatic N) is 2. The van der Waals surface area contributed by atoms with Crippen LogP contribution in [0.2, 0.25) is 0 Å². The van der Waals surface area contributed by atoms with E-state index in [0.29, 0.717) is 26.2 Å². The first-order valence-electron chi connectivity index (χ1n) is 8.76. The summed E-state index contributed by atoms with van der Waals surface area (Å²) in [6.45, 7) is 14.8. The molecule has 0 atom stereocenters. The molecule has 0 fully saturated rings. The summed E-state index contributed by atoms with van der Waals surface area (Å²) in [7, 11) is 0. The molecule has 0 aliphatic rings. The van der Waals surface area contributed by atoms with Gasteiger partial charge in [-0.2, -0.15) is 0 Å². The maximum atomic E-state index is 12.0. The number of rotatable bonds is 10. The van der Waals surface area contributed by atoms with Crippen molar-refractivity contribution in [1.29, 1.82) is 0 Å². The van der Waals surface area contributed by atoms with E-state index in [0.717, 1.165) is 12.8 Å². The number of carbonyl (C=O) groups is 2. The number of carbonyl (C=O) groups excluding carboxylic acids is 2. The first-order chi connectivity index (χ1) is 10.9. The van der Waals surface area contributed by atoms with Gasteiger partial charge in [0, 0.05) is 31.6 Å². The first-order valence-corrected chi connectivity index (χ1v) is 8.76. The van der Waals surface area contributed by atoms with Crippen LogP contribution in [0.4, 0.5) is 9.59 Å². The average Bonchev–Trinajstić information content (AvgIpc) is 2.58. The van der Waals surface area contributed by atoms with Gasteiger partial charge < -0.3 is 19.3 Å². The molecule has 0 bridgehead atoms. The fourth-order valence-corrected chi connectivity index (χ4v) is 2.28. The summed E-state index contributed by atoms with van der Waals surface area (Å²) in [5.74, 6) is 0. The summed E-state index contributed by atoms with van der Waals surface area (Å²) in [5.41, 5.74) is -0.328. The molecule has 6 nitrogen and oxygen atoms in total. The summed E-state index contributed by atoms with van der Waals surface area (Å²) in [6.07, 6.45) is 0.939. The fraction of sp³-hybridized carbons (Fsp3) is 0.882. The minimum atomic E-state index is -0.328. The van der Waals surface area contributed by atoms with Gasteiger partial charge in [0.1, 0.15) is 13.2 Å². The third-order valence-electron chi connectivity index (χ3n) is 4.55. The number of hydrogen-bond donors (Lipinski definition) is 0. The summed E-state index contributed by atoms with van der Waals surface area (Å²) in [6, 6.07) is 0. The van der Waals surface area contributed by atoms with Crippen LogP contribution in [0.5, 0.6) is 0 Å². The molecule has 23 heavy (non-hydrogen) atoms. The van der Waals surface area contributed by atoms with Gasteiger partial charge in [-0.1, -0.05) is 13.8 Å². The molecular formula is C17H34N2O4. The maximum absolute atomic E-state index is 12.0. The normalized spacial score (nSPS) is 11.0. The molecule has 0 aromatic heterocycles. The summed E-state index contributed by atoms with van der Waals surface area (Å²) in [5, 5.41) is 0. The van der Waals surface area contributed by atoms with Crippen molar-refractivity contribution >= 4 is 12.2 Å². The molecule has 0 unspecified atom stereocenters. The largest absolute Gasteiger partial charge is 0.449 e. The number of ether oxygens (including phenoxy) is 2. The van der Waals surface area contributed by atoms with E-state index >= 15 is 0 Å². The molecule has 0 saturated carbocycles. The van der Waals surface area contributed by atoms with Gasteiger partial charge in [-0.05, 0) is 40.5 Å². The van der Waals surface area contributed by atoms with Crippen LogP contribution in [-0.4, -0.2) is 61.4 Å². The number of amides is 2. The Kier molecular flexibility index (Phi) is 10.4. The van der Waals surface area contributed by atoms with Gasteiger partial charge >= 0.3 is 12.2 Å². The monoisotopic (exact) mass is 330 g/mol. The second-order valence-electron chi connectivity index (χ2n) is 5.66. The molecule has 0 N–H and O–H groups in total.